The van der Waals surface area contributed by atoms with E-state index in [1.807, 2.05) is 43.0 Å². The molecule has 2 amide bonds. The van der Waals surface area contributed by atoms with E-state index in [0.29, 0.717) is 17.4 Å². The maximum atomic E-state index is 13.1. The van der Waals surface area contributed by atoms with Crippen LogP contribution in [0.15, 0.2) is 24.3 Å². The average Bonchev–Trinajstić information content (AvgIpc) is 3.36. The van der Waals surface area contributed by atoms with Crippen LogP contribution in [0.1, 0.15) is 57.6 Å². The Bertz CT molecular complexity index is 625. The fraction of sp³-hybridized carbons (Fsp3) is 0.600. The number of carbonyl (C=O) groups excluding carboxylic acids is 2. The molecule has 136 valence electrons. The number of likely N-dealkylation sites (tertiary alicyclic amines) is 1. The molecule has 2 unspecified atom stereocenters. The number of nitrogens with one attached hydrogen (secondary N) is 1. The van der Waals surface area contributed by atoms with Gasteiger partial charge in [0.05, 0.1) is 6.04 Å². The number of hydrogen-bond acceptors (Lipinski definition) is 2. The molecule has 5 heteroatoms. The predicted octanol–water partition coefficient (Wildman–Crippen LogP) is 3.94. The van der Waals surface area contributed by atoms with Crippen LogP contribution in [-0.2, 0) is 9.59 Å². The van der Waals surface area contributed by atoms with Crippen molar-refractivity contribution in [3.05, 3.63) is 34.9 Å². The molecule has 2 fully saturated rings. The van der Waals surface area contributed by atoms with Crippen LogP contribution in [0.2, 0.25) is 5.02 Å². The molecule has 1 aromatic carbocycles. The quantitative estimate of drug-likeness (QED) is 0.833. The lowest BCUT2D eigenvalue weighted by molar-refractivity contribution is -0.145. The maximum Gasteiger partial charge on any atom is 0.226 e. The second-order valence-electron chi connectivity index (χ2n) is 7.70. The van der Waals surface area contributed by atoms with E-state index in [4.69, 9.17) is 11.6 Å². The van der Waals surface area contributed by atoms with Gasteiger partial charge in [-0.3, -0.25) is 9.59 Å². The lowest BCUT2D eigenvalue weighted by Crippen LogP contribution is -2.46. The molecule has 2 atom stereocenters. The third kappa shape index (κ3) is 4.75. The zero-order valence-corrected chi connectivity index (χ0v) is 15.8. The van der Waals surface area contributed by atoms with Gasteiger partial charge in [0.1, 0.15) is 0 Å². The Balaban J connectivity index is 1.73. The summed E-state index contributed by atoms with van der Waals surface area (Å²) < 4.78 is 0. The summed E-state index contributed by atoms with van der Waals surface area (Å²) in [6.07, 6.45) is 4.37. The molecule has 0 bridgehead atoms. The van der Waals surface area contributed by atoms with Crippen LogP contribution in [0.5, 0.6) is 0 Å². The summed E-state index contributed by atoms with van der Waals surface area (Å²) in [7, 11) is 0. The number of nitrogens with zero attached hydrogens (tertiary/aromatic N) is 1. The van der Waals surface area contributed by atoms with Crippen molar-refractivity contribution in [2.24, 2.45) is 11.8 Å². The van der Waals surface area contributed by atoms with E-state index in [2.05, 4.69) is 5.32 Å². The summed E-state index contributed by atoms with van der Waals surface area (Å²) in [5, 5.41) is 3.61. The molecule has 1 aromatic rings. The van der Waals surface area contributed by atoms with E-state index >= 15 is 0 Å². The maximum absolute atomic E-state index is 13.1. The summed E-state index contributed by atoms with van der Waals surface area (Å²) in [4.78, 5) is 27.2. The molecule has 25 heavy (non-hydrogen) atoms. The first kappa shape index (κ1) is 18.2. The first-order valence-corrected chi connectivity index (χ1v) is 9.67. The molecule has 1 aliphatic heterocycles. The fourth-order valence-corrected chi connectivity index (χ4v) is 3.77. The lowest BCUT2D eigenvalue weighted by Gasteiger charge is -2.40. The molecule has 0 aromatic heterocycles. The highest BCUT2D eigenvalue weighted by Gasteiger charge is 2.39. The molecule has 4 nitrogen and oxygen atoms in total. The van der Waals surface area contributed by atoms with E-state index in [9.17, 15) is 9.59 Å². The van der Waals surface area contributed by atoms with Crippen molar-refractivity contribution in [3.8, 4) is 0 Å². The van der Waals surface area contributed by atoms with Gasteiger partial charge in [-0.15, -0.1) is 0 Å². The SMILES string of the molecule is CC(C)NC(=O)CC1CCC(c2ccc(Cl)cc2)N(CC2CC2)C1=O. The van der Waals surface area contributed by atoms with Crippen LogP contribution < -0.4 is 5.32 Å². The summed E-state index contributed by atoms with van der Waals surface area (Å²) >= 11 is 6.01. The van der Waals surface area contributed by atoms with Crippen LogP contribution in [-0.4, -0.2) is 29.3 Å². The van der Waals surface area contributed by atoms with Gasteiger partial charge in [0.25, 0.3) is 0 Å². The van der Waals surface area contributed by atoms with E-state index in [0.717, 1.165) is 24.9 Å². The topological polar surface area (TPSA) is 49.4 Å². The van der Waals surface area contributed by atoms with Crippen molar-refractivity contribution in [2.75, 3.05) is 6.54 Å². The number of hydrogen-bond donors (Lipinski definition) is 1. The van der Waals surface area contributed by atoms with Gasteiger partial charge in [0.15, 0.2) is 0 Å². The standard InChI is InChI=1S/C20H27ClN2O2/c1-13(2)22-19(24)11-16-7-10-18(15-5-8-17(21)9-6-15)23(20(16)25)12-14-3-4-14/h5-6,8-9,13-14,16,18H,3-4,7,10-12H2,1-2H3,(H,22,24). The average molecular weight is 363 g/mol. The molecular weight excluding hydrogens is 336 g/mol. The van der Waals surface area contributed by atoms with Crippen molar-refractivity contribution in [3.63, 3.8) is 0 Å². The molecule has 0 radical (unpaired) electrons. The van der Waals surface area contributed by atoms with E-state index < -0.39 is 0 Å². The second-order valence-corrected chi connectivity index (χ2v) is 8.14. The number of rotatable bonds is 6. The number of amides is 2. The first-order chi connectivity index (χ1) is 11.9. The minimum absolute atomic E-state index is 0.0235. The third-order valence-corrected chi connectivity index (χ3v) is 5.34. The minimum atomic E-state index is -0.193. The highest BCUT2D eigenvalue weighted by Crippen LogP contribution is 2.39. The monoisotopic (exact) mass is 362 g/mol. The molecule has 3 rings (SSSR count). The van der Waals surface area contributed by atoms with E-state index in [-0.39, 0.29) is 29.8 Å². The minimum Gasteiger partial charge on any atom is -0.354 e. The van der Waals surface area contributed by atoms with Gasteiger partial charge in [0, 0.05) is 29.9 Å². The highest BCUT2D eigenvalue weighted by atomic mass is 35.5. The Morgan fingerprint density at radius 1 is 1.20 bits per heavy atom. The number of halogens is 1. The molecule has 1 saturated heterocycles. The third-order valence-electron chi connectivity index (χ3n) is 5.09. The Hall–Kier alpha value is -1.55. The van der Waals surface area contributed by atoms with Gasteiger partial charge in [-0.2, -0.15) is 0 Å². The van der Waals surface area contributed by atoms with Gasteiger partial charge in [-0.1, -0.05) is 23.7 Å². The van der Waals surface area contributed by atoms with Crippen molar-refractivity contribution in [1.29, 1.82) is 0 Å². The summed E-state index contributed by atoms with van der Waals surface area (Å²) in [5.41, 5.74) is 1.14. The summed E-state index contributed by atoms with van der Waals surface area (Å²) in [6.45, 7) is 4.70. The van der Waals surface area contributed by atoms with Gasteiger partial charge in [0.2, 0.25) is 11.8 Å². The van der Waals surface area contributed by atoms with Crippen LogP contribution in [0.4, 0.5) is 0 Å². The zero-order chi connectivity index (χ0) is 18.0. The van der Waals surface area contributed by atoms with Crippen molar-refractivity contribution in [1.82, 2.24) is 10.2 Å². The molecular formula is C20H27ClN2O2. The molecule has 1 heterocycles. The van der Waals surface area contributed by atoms with Crippen LogP contribution >= 0.6 is 11.6 Å². The largest absolute Gasteiger partial charge is 0.354 e. The number of carbonyl (C=O) groups is 2. The van der Waals surface area contributed by atoms with Crippen LogP contribution in [0, 0.1) is 11.8 Å². The van der Waals surface area contributed by atoms with Gasteiger partial charge >= 0.3 is 0 Å². The zero-order valence-electron chi connectivity index (χ0n) is 15.0. The lowest BCUT2D eigenvalue weighted by atomic mass is 9.86. The van der Waals surface area contributed by atoms with Crippen molar-refractivity contribution >= 4 is 23.4 Å². The molecule has 1 saturated carbocycles. The normalized spacial score (nSPS) is 23.8. The fourth-order valence-electron chi connectivity index (χ4n) is 3.65. The van der Waals surface area contributed by atoms with Gasteiger partial charge < -0.3 is 10.2 Å². The van der Waals surface area contributed by atoms with E-state index in [1.165, 1.54) is 12.8 Å². The molecule has 0 spiro atoms. The predicted molar refractivity (Wildman–Crippen MR) is 99.2 cm³/mol. The number of benzene rings is 1. The molecule has 1 aliphatic carbocycles. The summed E-state index contributed by atoms with van der Waals surface area (Å²) in [5.74, 6) is 0.546. The van der Waals surface area contributed by atoms with E-state index in [1.54, 1.807) is 0 Å². The second kappa shape index (κ2) is 7.77. The first-order valence-electron chi connectivity index (χ1n) is 9.29. The smallest absolute Gasteiger partial charge is 0.226 e. The Morgan fingerprint density at radius 3 is 2.48 bits per heavy atom. The van der Waals surface area contributed by atoms with Gasteiger partial charge in [-0.25, -0.2) is 0 Å². The van der Waals surface area contributed by atoms with Crippen LogP contribution in [0.3, 0.4) is 0 Å². The van der Waals surface area contributed by atoms with Crippen LogP contribution in [0.25, 0.3) is 0 Å². The Kier molecular flexibility index (Phi) is 5.67. The molecule has 2 aliphatic rings. The van der Waals surface area contributed by atoms with Gasteiger partial charge in [-0.05, 0) is 63.1 Å². The Labute approximate surface area is 154 Å². The molecule has 1 N–H and O–H groups in total. The van der Waals surface area contributed by atoms with Crippen molar-refractivity contribution < 1.29 is 9.59 Å². The number of piperidine rings is 1. The Morgan fingerprint density at radius 2 is 1.88 bits per heavy atom. The summed E-state index contributed by atoms with van der Waals surface area (Å²) in [6, 6.07) is 8.03. The van der Waals surface area contributed by atoms with Crippen molar-refractivity contribution in [2.45, 2.75) is 58.0 Å². The highest BCUT2D eigenvalue weighted by molar-refractivity contribution is 6.30.